The van der Waals surface area contributed by atoms with Crippen molar-refractivity contribution in [3.63, 3.8) is 0 Å². The topological polar surface area (TPSA) is 57.6 Å². The van der Waals surface area contributed by atoms with Crippen LogP contribution >= 0.6 is 0 Å². The van der Waals surface area contributed by atoms with Gasteiger partial charge in [-0.25, -0.2) is 4.79 Å². The first-order valence-electron chi connectivity index (χ1n) is 11.3. The van der Waals surface area contributed by atoms with Gasteiger partial charge >= 0.3 is 6.03 Å². The van der Waals surface area contributed by atoms with E-state index in [1.54, 1.807) is 4.90 Å². The van der Waals surface area contributed by atoms with Gasteiger partial charge in [-0.1, -0.05) is 55.8 Å². The van der Waals surface area contributed by atoms with Crippen LogP contribution in [-0.2, 0) is 4.79 Å². The number of nitrogens with zero attached hydrogens (tertiary/aromatic N) is 3. The van der Waals surface area contributed by atoms with Gasteiger partial charge in [-0.15, -0.1) is 0 Å². The number of rotatable bonds is 7. The molecular weight excluding hydrogens is 400 g/mol. The molecule has 3 aromatic rings. The molecule has 3 amide bonds. The third kappa shape index (κ3) is 4.13. The van der Waals surface area contributed by atoms with Gasteiger partial charge in [0.25, 0.3) is 0 Å². The van der Waals surface area contributed by atoms with Gasteiger partial charge < -0.3 is 14.8 Å². The van der Waals surface area contributed by atoms with Crippen molar-refractivity contribution >= 4 is 17.6 Å². The lowest BCUT2D eigenvalue weighted by atomic mass is 9.97. The number of aromatic nitrogens is 1. The molecule has 2 heterocycles. The molecule has 0 saturated carbocycles. The molecule has 0 spiro atoms. The van der Waals surface area contributed by atoms with Crippen molar-refractivity contribution in [3.8, 4) is 5.69 Å². The Hall–Kier alpha value is -3.54. The van der Waals surface area contributed by atoms with E-state index >= 15 is 0 Å². The third-order valence-electron chi connectivity index (χ3n) is 5.83. The van der Waals surface area contributed by atoms with Crippen molar-refractivity contribution in [1.82, 2.24) is 14.8 Å². The van der Waals surface area contributed by atoms with Crippen LogP contribution in [-0.4, -0.2) is 41.0 Å². The largest absolute Gasteiger partial charge is 0.338 e. The van der Waals surface area contributed by atoms with Gasteiger partial charge in [0, 0.05) is 19.3 Å². The minimum atomic E-state index is -0.268. The Kier molecular flexibility index (Phi) is 6.59. The van der Waals surface area contributed by atoms with Crippen LogP contribution in [0.3, 0.4) is 0 Å². The molecule has 1 aliphatic heterocycles. The first-order valence-corrected chi connectivity index (χ1v) is 11.3. The highest BCUT2D eigenvalue weighted by Crippen LogP contribution is 2.42. The minimum Gasteiger partial charge on any atom is -0.338 e. The van der Waals surface area contributed by atoms with Crippen LogP contribution in [0.25, 0.3) is 5.69 Å². The highest BCUT2D eigenvalue weighted by molar-refractivity contribution is 6.00. The maximum absolute atomic E-state index is 13.9. The van der Waals surface area contributed by atoms with Crippen molar-refractivity contribution in [1.29, 1.82) is 0 Å². The number of amides is 3. The maximum Gasteiger partial charge on any atom is 0.317 e. The van der Waals surface area contributed by atoms with Crippen molar-refractivity contribution < 1.29 is 9.59 Å². The Labute approximate surface area is 189 Å². The second-order valence-corrected chi connectivity index (χ2v) is 7.98. The van der Waals surface area contributed by atoms with Crippen molar-refractivity contribution in [2.75, 3.05) is 24.5 Å². The molecule has 1 unspecified atom stereocenters. The molecule has 0 aliphatic carbocycles. The second-order valence-electron chi connectivity index (χ2n) is 7.98. The van der Waals surface area contributed by atoms with Crippen molar-refractivity contribution in [2.24, 2.45) is 0 Å². The number of carbonyl (C=O) groups excluding carboxylic acids is 2. The third-order valence-corrected chi connectivity index (χ3v) is 5.83. The Morgan fingerprint density at radius 2 is 1.66 bits per heavy atom. The summed E-state index contributed by atoms with van der Waals surface area (Å²) in [7, 11) is 0. The van der Waals surface area contributed by atoms with Gasteiger partial charge in [-0.2, -0.15) is 0 Å². The van der Waals surface area contributed by atoms with Gasteiger partial charge in [-0.05, 0) is 43.2 Å². The molecule has 6 heteroatoms. The summed E-state index contributed by atoms with van der Waals surface area (Å²) < 4.78 is 2.15. The number of hydrogen-bond acceptors (Lipinski definition) is 2. The summed E-state index contributed by atoms with van der Waals surface area (Å²) in [6, 6.07) is 21.6. The molecule has 1 atom stereocenters. The second kappa shape index (κ2) is 9.73. The molecule has 4 rings (SSSR count). The first-order chi connectivity index (χ1) is 15.7. The maximum atomic E-state index is 13.9. The van der Waals surface area contributed by atoms with E-state index in [1.807, 2.05) is 66.6 Å². The number of fused-ring (bicyclic) bond motifs is 3. The lowest BCUT2D eigenvalue weighted by Gasteiger charge is -2.39. The summed E-state index contributed by atoms with van der Waals surface area (Å²) in [5.41, 5.74) is 3.88. The summed E-state index contributed by atoms with van der Waals surface area (Å²) in [5, 5.41) is 2.85. The fourth-order valence-corrected chi connectivity index (χ4v) is 4.32. The number of para-hydroxylation sites is 2. The van der Waals surface area contributed by atoms with Crippen LogP contribution in [0.15, 0.2) is 72.9 Å². The molecule has 0 fully saturated rings. The van der Waals surface area contributed by atoms with E-state index in [1.165, 1.54) is 0 Å². The SMILES string of the molecule is CCCCN(CC(=O)N1c2ccccc2-n2cccc2C1c1ccccc1)C(=O)NCC. The molecule has 166 valence electrons. The lowest BCUT2D eigenvalue weighted by Crippen LogP contribution is -2.49. The monoisotopic (exact) mass is 430 g/mol. The van der Waals surface area contributed by atoms with Crippen molar-refractivity contribution in [3.05, 3.63) is 84.2 Å². The summed E-state index contributed by atoms with van der Waals surface area (Å²) >= 11 is 0. The summed E-state index contributed by atoms with van der Waals surface area (Å²) in [6.07, 6.45) is 3.84. The quantitative estimate of drug-likeness (QED) is 0.588. The van der Waals surface area contributed by atoms with E-state index in [-0.39, 0.29) is 24.5 Å². The summed E-state index contributed by atoms with van der Waals surface area (Å²) in [5.74, 6) is -0.0962. The van der Waals surface area contributed by atoms with E-state index < -0.39 is 0 Å². The fraction of sp³-hybridized carbons (Fsp3) is 0.308. The van der Waals surface area contributed by atoms with Crippen LogP contribution in [0.2, 0.25) is 0 Å². The number of benzene rings is 2. The van der Waals surface area contributed by atoms with Crippen LogP contribution < -0.4 is 10.2 Å². The van der Waals surface area contributed by atoms with Crippen LogP contribution in [0, 0.1) is 0 Å². The van der Waals surface area contributed by atoms with E-state index in [0.29, 0.717) is 13.1 Å². The Morgan fingerprint density at radius 3 is 2.38 bits per heavy atom. The summed E-state index contributed by atoms with van der Waals surface area (Å²) in [4.78, 5) is 30.0. The highest BCUT2D eigenvalue weighted by Gasteiger charge is 2.36. The number of carbonyl (C=O) groups is 2. The van der Waals surface area contributed by atoms with Gasteiger partial charge in [0.05, 0.1) is 17.1 Å². The number of nitrogens with one attached hydrogen (secondary N) is 1. The zero-order valence-electron chi connectivity index (χ0n) is 18.7. The molecule has 6 nitrogen and oxygen atoms in total. The number of unbranched alkanes of at least 4 members (excludes halogenated alkanes) is 1. The van der Waals surface area contributed by atoms with Gasteiger partial charge in [0.1, 0.15) is 12.6 Å². The van der Waals surface area contributed by atoms with Gasteiger partial charge in [0.15, 0.2) is 0 Å². The number of hydrogen-bond donors (Lipinski definition) is 1. The van der Waals surface area contributed by atoms with Gasteiger partial charge in [-0.3, -0.25) is 9.69 Å². The van der Waals surface area contributed by atoms with Crippen LogP contribution in [0.5, 0.6) is 0 Å². The van der Waals surface area contributed by atoms with Gasteiger partial charge in [0.2, 0.25) is 5.91 Å². The van der Waals surface area contributed by atoms with E-state index in [4.69, 9.17) is 0 Å². The van der Waals surface area contributed by atoms with E-state index in [2.05, 4.69) is 35.0 Å². The van der Waals surface area contributed by atoms with Crippen LogP contribution in [0.1, 0.15) is 44.0 Å². The molecule has 1 aliphatic rings. The number of urea groups is 1. The average Bonchev–Trinajstić information content (AvgIpc) is 3.31. The highest BCUT2D eigenvalue weighted by atomic mass is 16.2. The van der Waals surface area contributed by atoms with Crippen molar-refractivity contribution in [2.45, 2.75) is 32.7 Å². The predicted octanol–water partition coefficient (Wildman–Crippen LogP) is 4.74. The first kappa shape index (κ1) is 21.7. The smallest absolute Gasteiger partial charge is 0.317 e. The molecular formula is C26H30N4O2. The Morgan fingerprint density at radius 1 is 0.938 bits per heavy atom. The molecule has 1 aromatic heterocycles. The molecule has 0 bridgehead atoms. The predicted molar refractivity (Wildman–Crippen MR) is 127 cm³/mol. The Balaban J connectivity index is 1.75. The molecule has 32 heavy (non-hydrogen) atoms. The number of anilines is 1. The van der Waals surface area contributed by atoms with Crippen LogP contribution in [0.4, 0.5) is 10.5 Å². The Bertz CT molecular complexity index is 1080. The van der Waals surface area contributed by atoms with E-state index in [0.717, 1.165) is 35.5 Å². The minimum absolute atomic E-state index is 0.0320. The fourth-order valence-electron chi connectivity index (χ4n) is 4.32. The normalized spacial score (nSPS) is 14.4. The zero-order valence-corrected chi connectivity index (χ0v) is 18.7. The molecule has 2 aromatic carbocycles. The van der Waals surface area contributed by atoms with E-state index in [9.17, 15) is 9.59 Å². The average molecular weight is 431 g/mol. The standard InChI is InChI=1S/C26H30N4O2/c1-3-5-17-28(26(32)27-4-2)19-24(31)30-22-15-10-9-14-21(22)29-18-11-16-23(29)25(30)20-12-7-6-8-13-20/h6-16,18,25H,3-5,17,19H2,1-2H3,(H,27,32). The molecule has 0 saturated heterocycles. The zero-order chi connectivity index (χ0) is 22.5. The summed E-state index contributed by atoms with van der Waals surface area (Å²) in [6.45, 7) is 5.08. The molecule has 1 N–H and O–H groups in total. The lowest BCUT2D eigenvalue weighted by molar-refractivity contribution is -0.119. The molecule has 0 radical (unpaired) electrons.